The van der Waals surface area contributed by atoms with Gasteiger partial charge in [0.2, 0.25) is 0 Å². The fourth-order valence-corrected chi connectivity index (χ4v) is 2.71. The molecule has 0 atom stereocenters. The first-order chi connectivity index (χ1) is 12.1. The third kappa shape index (κ3) is 3.32. The molecule has 0 bridgehead atoms. The van der Waals surface area contributed by atoms with E-state index in [4.69, 9.17) is 10.3 Å². The summed E-state index contributed by atoms with van der Waals surface area (Å²) >= 11 is 0. The zero-order chi connectivity index (χ0) is 17.8. The first-order valence-corrected chi connectivity index (χ1v) is 7.71. The Kier molecular flexibility index (Phi) is 4.68. The Morgan fingerprint density at radius 3 is 2.68 bits per heavy atom. The van der Waals surface area contributed by atoms with E-state index in [1.165, 1.54) is 12.1 Å². The molecular weight excluding hydrogens is 323 g/mol. The normalized spacial score (nSPS) is 10.5. The van der Waals surface area contributed by atoms with Crippen LogP contribution in [-0.2, 0) is 11.3 Å². The van der Waals surface area contributed by atoms with Gasteiger partial charge in [-0.15, -0.1) is 0 Å². The van der Waals surface area contributed by atoms with Crippen LogP contribution in [0.5, 0.6) is 0 Å². The highest BCUT2D eigenvalue weighted by Gasteiger charge is 2.19. The summed E-state index contributed by atoms with van der Waals surface area (Å²) in [5, 5.41) is 3.54. The number of rotatable bonds is 5. The Bertz CT molecular complexity index is 973. The summed E-state index contributed by atoms with van der Waals surface area (Å²) in [4.78, 5) is 15.1. The largest absolute Gasteiger partial charge is 0.462 e. The molecule has 126 valence electrons. The average molecular weight is 338 g/mol. The second-order valence-electron chi connectivity index (χ2n) is 5.36. The van der Waals surface area contributed by atoms with Crippen LogP contribution in [0.15, 0.2) is 53.9 Å². The molecule has 3 rings (SSSR count). The standard InChI is InChI=1S/C18H15FN4O2/c1-2-25-18(24)15-11-23-10-12(9-21-22-20)3-8-16(23)17(15)13-4-6-14(19)7-5-13/h3-8,10-11H,2,9H2,1H3. The van der Waals surface area contributed by atoms with Gasteiger partial charge in [-0.2, -0.15) is 0 Å². The van der Waals surface area contributed by atoms with E-state index in [0.29, 0.717) is 11.1 Å². The zero-order valence-corrected chi connectivity index (χ0v) is 13.5. The second kappa shape index (κ2) is 7.07. The highest BCUT2D eigenvalue weighted by Crippen LogP contribution is 2.31. The number of nitrogens with zero attached hydrogens (tertiary/aromatic N) is 4. The van der Waals surface area contributed by atoms with Gasteiger partial charge < -0.3 is 9.14 Å². The number of hydrogen-bond acceptors (Lipinski definition) is 3. The van der Waals surface area contributed by atoms with Crippen molar-refractivity contribution in [1.29, 1.82) is 0 Å². The van der Waals surface area contributed by atoms with Crippen LogP contribution in [-0.4, -0.2) is 17.0 Å². The van der Waals surface area contributed by atoms with Crippen molar-refractivity contribution >= 4 is 11.5 Å². The minimum Gasteiger partial charge on any atom is -0.462 e. The maximum atomic E-state index is 13.3. The van der Waals surface area contributed by atoms with Gasteiger partial charge in [0.1, 0.15) is 5.82 Å². The van der Waals surface area contributed by atoms with Gasteiger partial charge in [0.05, 0.1) is 24.2 Å². The SMILES string of the molecule is CCOC(=O)c1cn2cc(CN=[N+]=[N-])ccc2c1-c1ccc(F)cc1. The maximum Gasteiger partial charge on any atom is 0.340 e. The smallest absolute Gasteiger partial charge is 0.340 e. The van der Waals surface area contributed by atoms with E-state index in [2.05, 4.69) is 10.0 Å². The van der Waals surface area contributed by atoms with E-state index in [-0.39, 0.29) is 19.0 Å². The van der Waals surface area contributed by atoms with E-state index >= 15 is 0 Å². The van der Waals surface area contributed by atoms with Gasteiger partial charge in [0.15, 0.2) is 0 Å². The molecule has 0 N–H and O–H groups in total. The van der Waals surface area contributed by atoms with Crippen LogP contribution in [0.25, 0.3) is 27.1 Å². The summed E-state index contributed by atoms with van der Waals surface area (Å²) in [6.07, 6.45) is 3.46. The first kappa shape index (κ1) is 16.5. The average Bonchev–Trinajstić information content (AvgIpc) is 2.99. The number of pyridine rings is 1. The van der Waals surface area contributed by atoms with E-state index in [1.807, 2.05) is 12.1 Å². The number of fused-ring (bicyclic) bond motifs is 1. The zero-order valence-electron chi connectivity index (χ0n) is 13.5. The fourth-order valence-electron chi connectivity index (χ4n) is 2.71. The van der Waals surface area contributed by atoms with Crippen molar-refractivity contribution in [3.63, 3.8) is 0 Å². The van der Waals surface area contributed by atoms with E-state index in [1.54, 1.807) is 35.9 Å². The number of benzene rings is 1. The molecule has 0 aliphatic carbocycles. The molecule has 0 radical (unpaired) electrons. The Labute approximate surface area is 143 Å². The predicted molar refractivity (Wildman–Crippen MR) is 91.6 cm³/mol. The summed E-state index contributed by atoms with van der Waals surface area (Å²) in [7, 11) is 0. The van der Waals surface area contributed by atoms with E-state index in [0.717, 1.165) is 16.6 Å². The van der Waals surface area contributed by atoms with Crippen molar-refractivity contribution in [3.8, 4) is 11.1 Å². The molecule has 2 heterocycles. The highest BCUT2D eigenvalue weighted by atomic mass is 19.1. The summed E-state index contributed by atoms with van der Waals surface area (Å²) in [5.41, 5.74) is 11.8. The van der Waals surface area contributed by atoms with Crippen molar-refractivity contribution in [1.82, 2.24) is 4.40 Å². The van der Waals surface area contributed by atoms with Crippen molar-refractivity contribution in [3.05, 3.63) is 76.2 Å². The number of ether oxygens (including phenoxy) is 1. The molecule has 0 aliphatic rings. The van der Waals surface area contributed by atoms with Crippen LogP contribution in [0.1, 0.15) is 22.8 Å². The van der Waals surface area contributed by atoms with Crippen molar-refractivity contribution in [2.75, 3.05) is 6.61 Å². The van der Waals surface area contributed by atoms with Gasteiger partial charge in [-0.25, -0.2) is 9.18 Å². The number of hydrogen-bond donors (Lipinski definition) is 0. The number of carbonyl (C=O) groups excluding carboxylic acids is 1. The van der Waals surface area contributed by atoms with Crippen molar-refractivity contribution in [2.45, 2.75) is 13.5 Å². The van der Waals surface area contributed by atoms with Crippen LogP contribution < -0.4 is 0 Å². The summed E-state index contributed by atoms with van der Waals surface area (Å²) in [6, 6.07) is 9.62. The molecule has 0 unspecified atom stereocenters. The van der Waals surface area contributed by atoms with Gasteiger partial charge in [-0.1, -0.05) is 23.3 Å². The minimum absolute atomic E-state index is 0.214. The lowest BCUT2D eigenvalue weighted by Gasteiger charge is -2.06. The molecule has 2 aromatic heterocycles. The summed E-state index contributed by atoms with van der Waals surface area (Å²) < 4.78 is 20.2. The Balaban J connectivity index is 2.19. The van der Waals surface area contributed by atoms with Gasteiger partial charge in [-0.3, -0.25) is 0 Å². The number of azide groups is 1. The molecule has 0 amide bonds. The molecule has 7 heteroatoms. The van der Waals surface area contributed by atoms with Crippen LogP contribution in [0.2, 0.25) is 0 Å². The monoisotopic (exact) mass is 338 g/mol. The number of aromatic nitrogens is 1. The van der Waals surface area contributed by atoms with Crippen molar-refractivity contribution < 1.29 is 13.9 Å². The summed E-state index contributed by atoms with van der Waals surface area (Å²) in [5.74, 6) is -0.788. The third-order valence-electron chi connectivity index (χ3n) is 3.78. The molecule has 0 fully saturated rings. The molecule has 0 aliphatic heterocycles. The number of carbonyl (C=O) groups is 1. The van der Waals surface area contributed by atoms with Crippen LogP contribution in [0, 0.1) is 5.82 Å². The molecule has 6 nitrogen and oxygen atoms in total. The Morgan fingerprint density at radius 1 is 1.24 bits per heavy atom. The lowest BCUT2D eigenvalue weighted by Crippen LogP contribution is -2.04. The number of esters is 1. The maximum absolute atomic E-state index is 13.3. The van der Waals surface area contributed by atoms with Crippen LogP contribution >= 0.6 is 0 Å². The Hall–Kier alpha value is -3.31. The molecule has 0 saturated heterocycles. The van der Waals surface area contributed by atoms with Crippen LogP contribution in [0.4, 0.5) is 4.39 Å². The Morgan fingerprint density at radius 2 is 2.00 bits per heavy atom. The van der Waals surface area contributed by atoms with E-state index < -0.39 is 5.97 Å². The lowest BCUT2D eigenvalue weighted by molar-refractivity contribution is 0.0527. The molecule has 0 spiro atoms. The third-order valence-corrected chi connectivity index (χ3v) is 3.78. The minimum atomic E-state index is -0.442. The lowest BCUT2D eigenvalue weighted by atomic mass is 10.0. The fraction of sp³-hybridized carbons (Fsp3) is 0.167. The second-order valence-corrected chi connectivity index (χ2v) is 5.36. The molecule has 1 aromatic carbocycles. The molecular formula is C18H15FN4O2. The van der Waals surface area contributed by atoms with Crippen molar-refractivity contribution in [2.24, 2.45) is 5.11 Å². The van der Waals surface area contributed by atoms with Gasteiger partial charge in [0.25, 0.3) is 0 Å². The molecule has 0 saturated carbocycles. The van der Waals surface area contributed by atoms with Gasteiger partial charge >= 0.3 is 5.97 Å². The van der Waals surface area contributed by atoms with E-state index in [9.17, 15) is 9.18 Å². The van der Waals surface area contributed by atoms with Crippen LogP contribution in [0.3, 0.4) is 0 Å². The number of halogens is 1. The predicted octanol–water partition coefficient (Wildman–Crippen LogP) is 4.73. The highest BCUT2D eigenvalue weighted by molar-refractivity contribution is 6.02. The summed E-state index contributed by atoms with van der Waals surface area (Å²) in [6.45, 7) is 2.21. The van der Waals surface area contributed by atoms with Gasteiger partial charge in [-0.05, 0) is 41.8 Å². The molecule has 25 heavy (non-hydrogen) atoms. The quantitative estimate of drug-likeness (QED) is 0.292. The molecule has 3 aromatic rings. The topological polar surface area (TPSA) is 79.5 Å². The first-order valence-electron chi connectivity index (χ1n) is 7.71. The van der Waals surface area contributed by atoms with Gasteiger partial charge in [0, 0.05) is 22.9 Å².